The van der Waals surface area contributed by atoms with E-state index in [1.165, 1.54) is 7.11 Å². The number of thioether (sulfide) groups is 1. The maximum Gasteiger partial charge on any atom is 0.243 e. The Balaban J connectivity index is 1.99. The fourth-order valence-electron chi connectivity index (χ4n) is 2.55. The molecule has 2 rings (SSSR count). The summed E-state index contributed by atoms with van der Waals surface area (Å²) in [6.07, 6.45) is 1.09. The van der Waals surface area contributed by atoms with Gasteiger partial charge in [0.15, 0.2) is 0 Å². The molecule has 0 aliphatic carbocycles. The van der Waals surface area contributed by atoms with Crippen LogP contribution in [0.4, 0.5) is 5.69 Å². The molecule has 0 saturated carbocycles. The van der Waals surface area contributed by atoms with Crippen LogP contribution in [-0.4, -0.2) is 46.0 Å². The van der Waals surface area contributed by atoms with Gasteiger partial charge in [-0.2, -0.15) is 0 Å². The zero-order chi connectivity index (χ0) is 19.9. The number of nitrogens with one attached hydrogen (secondary N) is 1. The lowest BCUT2D eigenvalue weighted by Gasteiger charge is -2.28. The van der Waals surface area contributed by atoms with Crippen molar-refractivity contribution in [2.24, 2.45) is 0 Å². The Kier molecular flexibility index (Phi) is 7.55. The van der Waals surface area contributed by atoms with Gasteiger partial charge in [0.2, 0.25) is 15.9 Å². The van der Waals surface area contributed by atoms with E-state index in [2.05, 4.69) is 5.32 Å². The number of sulfonamides is 1. The van der Waals surface area contributed by atoms with Crippen LogP contribution in [0.3, 0.4) is 0 Å². The summed E-state index contributed by atoms with van der Waals surface area (Å²) in [5.41, 5.74) is 0.416. The summed E-state index contributed by atoms with van der Waals surface area (Å²) in [6.45, 7) is 2.02. The Morgan fingerprint density at radius 3 is 2.33 bits per heavy atom. The Morgan fingerprint density at radius 1 is 1.15 bits per heavy atom. The lowest BCUT2D eigenvalue weighted by Crippen LogP contribution is -2.48. The maximum absolute atomic E-state index is 12.5. The highest BCUT2D eigenvalue weighted by molar-refractivity contribution is 7.99. The quantitative estimate of drug-likeness (QED) is 0.510. The van der Waals surface area contributed by atoms with Gasteiger partial charge in [0.25, 0.3) is 0 Å². The first-order valence-corrected chi connectivity index (χ1v) is 11.3. The molecule has 0 fully saturated rings. The van der Waals surface area contributed by atoms with Crippen molar-refractivity contribution >= 4 is 33.4 Å². The van der Waals surface area contributed by atoms with Gasteiger partial charge in [-0.25, -0.2) is 8.42 Å². The second-order valence-electron chi connectivity index (χ2n) is 5.89. The molecule has 6 nitrogen and oxygen atoms in total. The van der Waals surface area contributed by atoms with Crippen molar-refractivity contribution in [3.05, 3.63) is 54.6 Å². The first-order valence-electron chi connectivity index (χ1n) is 8.42. The van der Waals surface area contributed by atoms with Crippen LogP contribution in [0.1, 0.15) is 6.92 Å². The van der Waals surface area contributed by atoms with E-state index in [9.17, 15) is 13.2 Å². The zero-order valence-electron chi connectivity index (χ0n) is 15.6. The van der Waals surface area contributed by atoms with Crippen molar-refractivity contribution in [2.45, 2.75) is 17.9 Å². The Morgan fingerprint density at radius 2 is 1.78 bits per heavy atom. The van der Waals surface area contributed by atoms with Crippen molar-refractivity contribution < 1.29 is 17.9 Å². The molecule has 0 spiro atoms. The third-order valence-corrected chi connectivity index (χ3v) is 6.08. The molecule has 0 saturated heterocycles. The van der Waals surface area contributed by atoms with E-state index < -0.39 is 16.1 Å². The maximum atomic E-state index is 12.5. The number of methoxy groups -OCH3 is 1. The van der Waals surface area contributed by atoms with Crippen molar-refractivity contribution in [3.63, 3.8) is 0 Å². The fraction of sp³-hybridized carbons (Fsp3) is 0.316. The van der Waals surface area contributed by atoms with Crippen LogP contribution in [0, 0.1) is 0 Å². The zero-order valence-corrected chi connectivity index (χ0v) is 17.2. The van der Waals surface area contributed by atoms with Crippen molar-refractivity contribution in [3.8, 4) is 5.75 Å². The molecule has 0 heterocycles. The highest BCUT2D eigenvalue weighted by Gasteiger charge is 2.28. The molecule has 0 aliphatic heterocycles. The largest absolute Gasteiger partial charge is 0.497 e. The molecule has 2 aromatic carbocycles. The highest BCUT2D eigenvalue weighted by Crippen LogP contribution is 2.24. The first-order chi connectivity index (χ1) is 12.8. The lowest BCUT2D eigenvalue weighted by atomic mass is 10.2. The minimum atomic E-state index is -3.63. The highest BCUT2D eigenvalue weighted by atomic mass is 32.2. The number of nitrogens with zero attached hydrogens (tertiary/aromatic N) is 1. The van der Waals surface area contributed by atoms with E-state index in [0.717, 1.165) is 15.5 Å². The molecule has 2 aromatic rings. The predicted molar refractivity (Wildman–Crippen MR) is 110 cm³/mol. The Bertz CT molecular complexity index is 840. The van der Waals surface area contributed by atoms with Crippen LogP contribution >= 0.6 is 11.8 Å². The van der Waals surface area contributed by atoms with Gasteiger partial charge in [0.1, 0.15) is 11.8 Å². The molecule has 1 atom stereocenters. The van der Waals surface area contributed by atoms with Gasteiger partial charge in [0, 0.05) is 17.2 Å². The number of benzene rings is 2. The Labute approximate surface area is 165 Å². The van der Waals surface area contributed by atoms with E-state index in [4.69, 9.17) is 4.74 Å². The fourth-order valence-corrected chi connectivity index (χ4v) is 4.51. The third kappa shape index (κ3) is 6.18. The van der Waals surface area contributed by atoms with Crippen LogP contribution in [0.5, 0.6) is 5.75 Å². The summed E-state index contributed by atoms with van der Waals surface area (Å²) in [5, 5.41) is 2.81. The molecule has 1 amide bonds. The number of ether oxygens (including phenoxy) is 1. The van der Waals surface area contributed by atoms with Gasteiger partial charge >= 0.3 is 0 Å². The smallest absolute Gasteiger partial charge is 0.243 e. The van der Waals surface area contributed by atoms with E-state index in [0.29, 0.717) is 23.7 Å². The molecule has 1 N–H and O–H groups in total. The average molecular weight is 409 g/mol. The van der Waals surface area contributed by atoms with Crippen molar-refractivity contribution in [1.29, 1.82) is 0 Å². The number of anilines is 1. The van der Waals surface area contributed by atoms with Gasteiger partial charge < -0.3 is 10.1 Å². The van der Waals surface area contributed by atoms with Gasteiger partial charge in [-0.1, -0.05) is 18.2 Å². The summed E-state index contributed by atoms with van der Waals surface area (Å²) in [7, 11) is -2.09. The molecule has 0 bridgehead atoms. The van der Waals surface area contributed by atoms with Crippen LogP contribution < -0.4 is 14.4 Å². The van der Waals surface area contributed by atoms with E-state index in [-0.39, 0.29) is 5.91 Å². The van der Waals surface area contributed by atoms with Crippen LogP contribution in [-0.2, 0) is 14.8 Å². The lowest BCUT2D eigenvalue weighted by molar-refractivity contribution is -0.121. The standard InChI is InChI=1S/C19H24N2O4S2/c1-15(19(22)20-13-14-26-18-7-5-4-6-8-18)21(27(3,23)24)16-9-11-17(25-2)12-10-16/h4-12,15H,13-14H2,1-3H3,(H,20,22)/t15-/m1/s1. The molecule has 0 unspecified atom stereocenters. The van der Waals surface area contributed by atoms with Crippen LogP contribution in [0.25, 0.3) is 0 Å². The van der Waals surface area contributed by atoms with Gasteiger partial charge in [0.05, 0.1) is 19.1 Å². The molecule has 0 aromatic heterocycles. The molecule has 0 aliphatic rings. The van der Waals surface area contributed by atoms with Gasteiger partial charge in [-0.05, 0) is 43.3 Å². The summed E-state index contributed by atoms with van der Waals surface area (Å²) < 4.78 is 30.7. The van der Waals surface area contributed by atoms with Crippen LogP contribution in [0.2, 0.25) is 0 Å². The number of carbonyl (C=O) groups is 1. The van der Waals surface area contributed by atoms with E-state index >= 15 is 0 Å². The number of hydrogen-bond donors (Lipinski definition) is 1. The summed E-state index contributed by atoms with van der Waals surface area (Å²) in [4.78, 5) is 13.6. The predicted octanol–water partition coefficient (Wildman–Crippen LogP) is 2.76. The monoisotopic (exact) mass is 408 g/mol. The molecular formula is C19H24N2O4S2. The minimum Gasteiger partial charge on any atom is -0.497 e. The SMILES string of the molecule is COc1ccc(N([C@H](C)C(=O)NCCSc2ccccc2)S(C)(=O)=O)cc1. The summed E-state index contributed by atoms with van der Waals surface area (Å²) in [6, 6.07) is 15.6. The molecular weight excluding hydrogens is 384 g/mol. The third-order valence-electron chi connectivity index (χ3n) is 3.83. The van der Waals surface area contributed by atoms with Crippen LogP contribution in [0.15, 0.2) is 59.5 Å². The number of rotatable bonds is 9. The van der Waals surface area contributed by atoms with Gasteiger partial charge in [-0.3, -0.25) is 9.10 Å². The summed E-state index contributed by atoms with van der Waals surface area (Å²) in [5.74, 6) is 0.969. The van der Waals surface area contributed by atoms with Gasteiger partial charge in [-0.15, -0.1) is 11.8 Å². The second-order valence-corrected chi connectivity index (χ2v) is 8.91. The minimum absolute atomic E-state index is 0.343. The topological polar surface area (TPSA) is 75.7 Å². The molecule has 8 heteroatoms. The molecule has 0 radical (unpaired) electrons. The Hall–Kier alpha value is -2.19. The summed E-state index contributed by atoms with van der Waals surface area (Å²) >= 11 is 1.63. The first kappa shape index (κ1) is 21.1. The normalized spacial score (nSPS) is 12.3. The second kappa shape index (κ2) is 9.66. The number of carbonyl (C=O) groups excluding carboxylic acids is 1. The number of amides is 1. The molecule has 146 valence electrons. The van der Waals surface area contributed by atoms with E-state index in [1.807, 2.05) is 30.3 Å². The van der Waals surface area contributed by atoms with E-state index in [1.54, 1.807) is 43.0 Å². The molecule has 27 heavy (non-hydrogen) atoms. The number of hydrogen-bond acceptors (Lipinski definition) is 5. The van der Waals surface area contributed by atoms with Crippen molar-refractivity contribution in [2.75, 3.05) is 30.0 Å². The van der Waals surface area contributed by atoms with Crippen molar-refractivity contribution in [1.82, 2.24) is 5.32 Å². The average Bonchev–Trinajstić information content (AvgIpc) is 2.65.